The first-order valence-corrected chi connectivity index (χ1v) is 6.35. The molecule has 4 nitrogen and oxygen atoms in total. The lowest BCUT2D eigenvalue weighted by atomic mass is 10.00. The van der Waals surface area contributed by atoms with E-state index in [0.717, 1.165) is 5.57 Å². The molecule has 0 aromatic carbocycles. The van der Waals surface area contributed by atoms with Crippen LogP contribution in [0.3, 0.4) is 0 Å². The molecule has 0 spiro atoms. The molecule has 98 valence electrons. The highest BCUT2D eigenvalue weighted by Gasteiger charge is 2.40. The summed E-state index contributed by atoms with van der Waals surface area (Å²) in [5.41, 5.74) is 3.24. The van der Waals surface area contributed by atoms with E-state index in [9.17, 15) is 9.59 Å². The number of rotatable bonds is 3. The molecule has 0 radical (unpaired) electrons. The van der Waals surface area contributed by atoms with Crippen LogP contribution in [0.15, 0.2) is 46.6 Å². The van der Waals surface area contributed by atoms with Crippen LogP contribution >= 0.6 is 0 Å². The molecule has 3 rings (SSSR count). The largest absolute Gasteiger partial charge is 0.357 e. The highest BCUT2D eigenvalue weighted by atomic mass is 16.2. The molecule has 0 fully saturated rings. The van der Waals surface area contributed by atoms with Crippen LogP contribution < -0.4 is 10.6 Å². The van der Waals surface area contributed by atoms with Crippen LogP contribution in [0.5, 0.6) is 0 Å². The zero-order valence-electron chi connectivity index (χ0n) is 11.2. The van der Waals surface area contributed by atoms with Gasteiger partial charge in [0.2, 0.25) is 5.91 Å². The molecule has 2 N–H and O–H groups in total. The molecule has 2 amide bonds. The maximum Gasteiger partial charge on any atom is 0.252 e. The van der Waals surface area contributed by atoms with Crippen molar-refractivity contribution in [3.8, 4) is 0 Å². The maximum atomic E-state index is 12.3. The van der Waals surface area contributed by atoms with Crippen molar-refractivity contribution in [3.63, 3.8) is 0 Å². The number of carbonyl (C=O) groups is 2. The molecule has 3 aliphatic carbocycles. The molecule has 0 aliphatic heterocycles. The Morgan fingerprint density at radius 3 is 2.68 bits per heavy atom. The highest BCUT2D eigenvalue weighted by Crippen LogP contribution is 2.51. The van der Waals surface area contributed by atoms with E-state index in [1.807, 2.05) is 12.2 Å². The van der Waals surface area contributed by atoms with E-state index >= 15 is 0 Å². The smallest absolute Gasteiger partial charge is 0.252 e. The van der Waals surface area contributed by atoms with Crippen molar-refractivity contribution in [3.05, 3.63) is 46.6 Å². The summed E-state index contributed by atoms with van der Waals surface area (Å²) in [6.07, 6.45) is 8.06. The second-order valence-electron chi connectivity index (χ2n) is 5.56. The first-order valence-electron chi connectivity index (χ1n) is 6.35. The molecule has 1 atom stereocenters. The van der Waals surface area contributed by atoms with Crippen molar-refractivity contribution >= 4 is 11.8 Å². The Kier molecular flexibility index (Phi) is 2.33. The predicted molar refractivity (Wildman–Crippen MR) is 72.1 cm³/mol. The van der Waals surface area contributed by atoms with E-state index in [2.05, 4.69) is 22.8 Å². The van der Waals surface area contributed by atoms with E-state index in [4.69, 9.17) is 0 Å². The van der Waals surface area contributed by atoms with Gasteiger partial charge in [-0.25, -0.2) is 0 Å². The molecule has 1 unspecified atom stereocenters. The molecule has 0 saturated heterocycles. The van der Waals surface area contributed by atoms with Crippen LogP contribution in [-0.4, -0.2) is 24.4 Å². The minimum absolute atomic E-state index is 0.201. The Hall–Kier alpha value is -2.10. The second-order valence-corrected chi connectivity index (χ2v) is 5.56. The Morgan fingerprint density at radius 1 is 1.26 bits per heavy atom. The van der Waals surface area contributed by atoms with Crippen LogP contribution in [0, 0.1) is 5.92 Å². The average Bonchev–Trinajstić information content (AvgIpc) is 2.84. The van der Waals surface area contributed by atoms with Gasteiger partial charge in [-0.15, -0.1) is 0 Å². The minimum atomic E-state index is -0.920. The van der Waals surface area contributed by atoms with Gasteiger partial charge in [-0.2, -0.15) is 0 Å². The zero-order chi connectivity index (χ0) is 13.8. The predicted octanol–water partition coefficient (Wildman–Crippen LogP) is 0.990. The molecule has 0 aromatic heterocycles. The standard InChI is InChI=1S/C15H16N2O2/c1-15(2,14(19)16-3)17-13(18)10-5-4-9-11-6-8(11)7-12(9)10/h4-7,11H,1-3H3,(H,16,19)(H,17,18). The summed E-state index contributed by atoms with van der Waals surface area (Å²) in [6, 6.07) is 0. The summed E-state index contributed by atoms with van der Waals surface area (Å²) in [7, 11) is 1.56. The third-order valence-electron chi connectivity index (χ3n) is 3.75. The summed E-state index contributed by atoms with van der Waals surface area (Å²) < 4.78 is 0. The lowest BCUT2D eigenvalue weighted by Gasteiger charge is -2.24. The van der Waals surface area contributed by atoms with Gasteiger partial charge in [-0.3, -0.25) is 9.59 Å². The number of likely N-dealkylation sites (N-methyl/N-ethyl adjacent to an activating group) is 1. The van der Waals surface area contributed by atoms with Crippen molar-refractivity contribution in [1.29, 1.82) is 0 Å². The molecule has 0 aromatic rings. The van der Waals surface area contributed by atoms with Crippen molar-refractivity contribution in [2.45, 2.75) is 19.4 Å². The molecule has 0 heterocycles. The van der Waals surface area contributed by atoms with Gasteiger partial charge >= 0.3 is 0 Å². The van der Waals surface area contributed by atoms with Gasteiger partial charge in [0.25, 0.3) is 5.91 Å². The summed E-state index contributed by atoms with van der Waals surface area (Å²) in [5, 5.41) is 5.33. The summed E-state index contributed by atoms with van der Waals surface area (Å²) in [4.78, 5) is 24.0. The molecule has 3 aliphatic rings. The third-order valence-corrected chi connectivity index (χ3v) is 3.75. The number of fused-ring (bicyclic) bond motifs is 3. The van der Waals surface area contributed by atoms with Gasteiger partial charge < -0.3 is 10.6 Å². The highest BCUT2D eigenvalue weighted by molar-refractivity contribution is 6.04. The second kappa shape index (κ2) is 3.70. The van der Waals surface area contributed by atoms with Crippen LogP contribution in [0.1, 0.15) is 13.8 Å². The first kappa shape index (κ1) is 12.0. The van der Waals surface area contributed by atoms with Crippen LogP contribution in [0.2, 0.25) is 0 Å². The Morgan fingerprint density at radius 2 is 2.00 bits per heavy atom. The molecule has 4 heteroatoms. The Bertz CT molecular complexity index is 618. The van der Waals surface area contributed by atoms with Gasteiger partial charge in [0.05, 0.1) is 0 Å². The van der Waals surface area contributed by atoms with Crippen LogP contribution in [0.25, 0.3) is 0 Å². The lowest BCUT2D eigenvalue weighted by Crippen LogP contribution is -2.54. The normalized spacial score (nSPS) is 22.6. The van der Waals surface area contributed by atoms with E-state index in [-0.39, 0.29) is 11.8 Å². The number of hydrogen-bond acceptors (Lipinski definition) is 2. The van der Waals surface area contributed by atoms with E-state index in [1.54, 1.807) is 20.9 Å². The fraction of sp³-hybridized carbons (Fsp3) is 0.333. The van der Waals surface area contributed by atoms with Crippen molar-refractivity contribution in [2.24, 2.45) is 5.92 Å². The van der Waals surface area contributed by atoms with Crippen molar-refractivity contribution in [2.75, 3.05) is 7.05 Å². The number of allylic oxidation sites excluding steroid dienone is 6. The van der Waals surface area contributed by atoms with Crippen molar-refractivity contribution in [1.82, 2.24) is 10.6 Å². The number of carbonyl (C=O) groups excluding carboxylic acids is 2. The van der Waals surface area contributed by atoms with E-state index in [0.29, 0.717) is 11.5 Å². The summed E-state index contributed by atoms with van der Waals surface area (Å²) in [6.45, 7) is 3.38. The fourth-order valence-corrected chi connectivity index (χ4v) is 2.58. The third kappa shape index (κ3) is 1.75. The molecule has 19 heavy (non-hydrogen) atoms. The SMILES string of the molecule is CNC(=O)C(C)(C)NC(=O)C1=CC=C2C1=CC1=CC12. The maximum absolute atomic E-state index is 12.3. The number of hydrogen-bond donors (Lipinski definition) is 2. The van der Waals surface area contributed by atoms with Gasteiger partial charge in [0.1, 0.15) is 5.54 Å². The monoisotopic (exact) mass is 256 g/mol. The van der Waals surface area contributed by atoms with E-state index < -0.39 is 5.54 Å². The Balaban J connectivity index is 1.75. The molecular weight excluding hydrogens is 240 g/mol. The topological polar surface area (TPSA) is 58.2 Å². The van der Waals surface area contributed by atoms with E-state index in [1.165, 1.54) is 11.1 Å². The lowest BCUT2D eigenvalue weighted by molar-refractivity contribution is -0.130. The zero-order valence-corrected chi connectivity index (χ0v) is 11.2. The molecular formula is C15H16N2O2. The number of amides is 2. The van der Waals surface area contributed by atoms with Crippen LogP contribution in [-0.2, 0) is 9.59 Å². The summed E-state index contributed by atoms with van der Waals surface area (Å²) >= 11 is 0. The van der Waals surface area contributed by atoms with Gasteiger partial charge in [0.15, 0.2) is 0 Å². The Labute approximate surface area is 111 Å². The van der Waals surface area contributed by atoms with Crippen LogP contribution in [0.4, 0.5) is 0 Å². The van der Waals surface area contributed by atoms with Crippen molar-refractivity contribution < 1.29 is 9.59 Å². The fourth-order valence-electron chi connectivity index (χ4n) is 2.58. The first-order chi connectivity index (χ1) is 8.94. The quantitative estimate of drug-likeness (QED) is 0.791. The average molecular weight is 256 g/mol. The number of nitrogens with one attached hydrogen (secondary N) is 2. The molecule has 0 saturated carbocycles. The molecule has 0 bridgehead atoms. The van der Waals surface area contributed by atoms with Gasteiger partial charge in [-0.1, -0.05) is 12.2 Å². The summed E-state index contributed by atoms with van der Waals surface area (Å²) in [5.74, 6) is 0.0232. The van der Waals surface area contributed by atoms with Gasteiger partial charge in [-0.05, 0) is 42.7 Å². The minimum Gasteiger partial charge on any atom is -0.357 e. The van der Waals surface area contributed by atoms with Gasteiger partial charge in [0, 0.05) is 18.5 Å².